The highest BCUT2D eigenvalue weighted by atomic mass is 32.2. The van der Waals surface area contributed by atoms with E-state index < -0.39 is 28.0 Å². The molecule has 0 aliphatic carbocycles. The van der Waals surface area contributed by atoms with Gasteiger partial charge >= 0.3 is 5.97 Å². The Bertz CT molecular complexity index is 2800. The van der Waals surface area contributed by atoms with Crippen LogP contribution in [0.3, 0.4) is 0 Å². The number of aromatic nitrogens is 4. The summed E-state index contributed by atoms with van der Waals surface area (Å²) in [5.41, 5.74) is 10.3. The molecule has 0 radical (unpaired) electrons. The number of rotatable bonds is 12. The number of pyridine rings is 1. The first kappa shape index (κ1) is 43.6. The minimum atomic E-state index is -4.04. The molecule has 3 aromatic carbocycles. The fraction of sp³-hybridized carbons (Fsp3) is 0.341. The first-order valence-corrected chi connectivity index (χ1v) is 21.7. The summed E-state index contributed by atoms with van der Waals surface area (Å²) < 4.78 is 34.8. The van der Waals surface area contributed by atoms with Crippen LogP contribution in [0.1, 0.15) is 77.9 Å². The number of likely N-dealkylation sites (N-methyl/N-ethyl adjacent to an activating group) is 1. The largest absolute Gasteiger partial charge is 0.465 e. The lowest BCUT2D eigenvalue weighted by Crippen LogP contribution is -2.33. The number of aryl methyl sites for hydroxylation is 7. The van der Waals surface area contributed by atoms with E-state index in [2.05, 4.69) is 68.7 Å². The number of fused-ring (bicyclic) bond motifs is 1. The molecule has 16 heteroatoms. The Morgan fingerprint density at radius 2 is 1.48 bits per heavy atom. The highest BCUT2D eigenvalue weighted by molar-refractivity contribution is 7.89. The molecule has 0 aliphatic heterocycles. The van der Waals surface area contributed by atoms with Crippen molar-refractivity contribution in [3.8, 4) is 11.2 Å². The molecular weight excluding hydrogens is 797 g/mol. The normalized spacial score (nSPS) is 12.1. The summed E-state index contributed by atoms with van der Waals surface area (Å²) in [4.78, 5) is 21.9. The third-order valence-electron chi connectivity index (χ3n) is 9.86. The Kier molecular flexibility index (Phi) is 12.3. The van der Waals surface area contributed by atoms with Crippen LogP contribution in [0.4, 0.5) is 34.5 Å². The summed E-state index contributed by atoms with van der Waals surface area (Å²) in [5.74, 6) is 0.583. The summed E-state index contributed by atoms with van der Waals surface area (Å²) in [6, 6.07) is 17.2. The Labute approximate surface area is 355 Å². The van der Waals surface area contributed by atoms with Gasteiger partial charge in [0, 0.05) is 23.8 Å². The summed E-state index contributed by atoms with van der Waals surface area (Å²) in [6.45, 7) is 21.5. The summed E-state index contributed by atoms with van der Waals surface area (Å²) in [7, 11) is -2.72. The zero-order valence-electron chi connectivity index (χ0n) is 36.1. The second-order valence-electron chi connectivity index (χ2n) is 16.0. The lowest BCUT2D eigenvalue weighted by molar-refractivity contribution is -0.143. The number of azo groups is 1. The van der Waals surface area contributed by atoms with E-state index in [1.807, 2.05) is 47.6 Å². The van der Waals surface area contributed by atoms with Gasteiger partial charge in [0.2, 0.25) is 15.2 Å². The zero-order chi connectivity index (χ0) is 43.8. The lowest BCUT2D eigenvalue weighted by Gasteiger charge is -2.18. The Morgan fingerprint density at radius 1 is 0.883 bits per heavy atom. The van der Waals surface area contributed by atoms with Crippen LogP contribution >= 0.6 is 11.3 Å². The van der Waals surface area contributed by atoms with Crippen LogP contribution in [0.2, 0.25) is 0 Å². The van der Waals surface area contributed by atoms with Crippen LogP contribution in [0, 0.1) is 59.8 Å². The second kappa shape index (κ2) is 16.9. The van der Waals surface area contributed by atoms with Crippen molar-refractivity contribution >= 4 is 72.1 Å². The third kappa shape index (κ3) is 8.93. The number of nitriles is 1. The number of hydrogen-bond acceptors (Lipinski definition) is 13. The van der Waals surface area contributed by atoms with Crippen molar-refractivity contribution in [3.63, 3.8) is 0 Å². The van der Waals surface area contributed by atoms with Crippen molar-refractivity contribution in [1.29, 1.82) is 5.26 Å². The number of sulfonamides is 1. The minimum Gasteiger partial charge on any atom is -0.465 e. The monoisotopic (exact) mass is 846 g/mol. The third-order valence-corrected chi connectivity index (χ3v) is 12.6. The molecule has 14 nitrogen and oxygen atoms in total. The molecule has 6 rings (SSSR count). The van der Waals surface area contributed by atoms with Gasteiger partial charge in [0.15, 0.2) is 11.6 Å². The Morgan fingerprint density at radius 3 is 2.05 bits per heavy atom. The number of nitrogens with one attached hydrogen (secondary N) is 2. The molecule has 3 heterocycles. The fourth-order valence-electron chi connectivity index (χ4n) is 7.10. The number of anilines is 4. The van der Waals surface area contributed by atoms with Crippen molar-refractivity contribution in [2.45, 2.75) is 86.5 Å². The number of hydrogen-bond donors (Lipinski definition) is 2. The maximum Gasteiger partial charge on any atom is 0.321 e. The number of benzene rings is 3. The van der Waals surface area contributed by atoms with Gasteiger partial charge < -0.3 is 15.4 Å². The number of nitrogens with zero attached hydrogens (tertiary/aromatic N) is 8. The average Bonchev–Trinajstić information content (AvgIpc) is 3.75. The van der Waals surface area contributed by atoms with E-state index in [1.54, 1.807) is 13.0 Å². The SMILES string of the molecule is CCOC(=O)CN(C)S(=O)(=O)c1ccc2nc(-n3nc(C(C)(C)C)c(C#N)c3N=Nc3c(C)cc(Nc4c(C)cc(C)cc4C)nc3Nc3c(C)cc(C)cc3C)sc2c1. The minimum absolute atomic E-state index is 0.0156. The van der Waals surface area contributed by atoms with Crippen molar-refractivity contribution in [2.75, 3.05) is 30.8 Å². The molecule has 60 heavy (non-hydrogen) atoms. The molecule has 312 valence electrons. The standard InChI is InChI=1S/C44H50N10O4S2/c1-13-58-36(55)23-53(12)60(56,57)31-14-15-33-34(21-31)59-43(46-33)54-42(32(22-45)40(52-54)44(9,10)11)51-50-39-30(8)20-35(47-37-26(4)16-24(2)17-27(37)5)48-41(39)49-38-28(6)18-25(3)19-29(38)7/h14-21H,13,23H2,1-12H3,(H2,47,48,49). The first-order chi connectivity index (χ1) is 28.2. The Balaban J connectivity index is 1.48. The van der Waals surface area contributed by atoms with Gasteiger partial charge in [-0.3, -0.25) is 4.79 Å². The van der Waals surface area contributed by atoms with Gasteiger partial charge in [0.25, 0.3) is 0 Å². The fourth-order valence-corrected chi connectivity index (χ4v) is 9.28. The van der Waals surface area contributed by atoms with E-state index in [4.69, 9.17) is 30.0 Å². The topological polar surface area (TPSA) is 180 Å². The molecule has 0 amide bonds. The number of esters is 1. The molecule has 6 aromatic rings. The second-order valence-corrected chi connectivity index (χ2v) is 19.1. The lowest BCUT2D eigenvalue weighted by atomic mass is 9.90. The zero-order valence-corrected chi connectivity index (χ0v) is 37.7. The molecule has 0 bridgehead atoms. The number of ether oxygens (including phenoxy) is 1. The number of carbonyl (C=O) groups is 1. The molecule has 0 aliphatic rings. The predicted molar refractivity (Wildman–Crippen MR) is 238 cm³/mol. The van der Waals surface area contributed by atoms with Crippen molar-refractivity contribution < 1.29 is 17.9 Å². The molecule has 3 aromatic heterocycles. The van der Waals surface area contributed by atoms with Gasteiger partial charge in [-0.25, -0.2) is 18.4 Å². The van der Waals surface area contributed by atoms with E-state index in [0.717, 1.165) is 49.1 Å². The van der Waals surface area contributed by atoms with Crippen molar-refractivity contribution in [2.24, 2.45) is 10.2 Å². The molecule has 0 fully saturated rings. The van der Waals surface area contributed by atoms with Crippen molar-refractivity contribution in [3.05, 3.63) is 98.7 Å². The summed E-state index contributed by atoms with van der Waals surface area (Å²) in [5, 5.41) is 32.5. The van der Waals surface area contributed by atoms with Gasteiger partial charge in [0.1, 0.15) is 29.7 Å². The molecule has 0 saturated carbocycles. The molecule has 0 unspecified atom stereocenters. The van der Waals surface area contributed by atoms with Crippen LogP contribution in [-0.2, 0) is 25.0 Å². The van der Waals surface area contributed by atoms with E-state index in [-0.39, 0.29) is 22.9 Å². The summed E-state index contributed by atoms with van der Waals surface area (Å²) in [6.07, 6.45) is 0. The highest BCUT2D eigenvalue weighted by Gasteiger charge is 2.30. The van der Waals surface area contributed by atoms with E-state index in [1.165, 1.54) is 40.8 Å². The highest BCUT2D eigenvalue weighted by Crippen LogP contribution is 2.40. The molecule has 0 spiro atoms. The van der Waals surface area contributed by atoms with Crippen LogP contribution in [-0.4, -0.2) is 58.6 Å². The van der Waals surface area contributed by atoms with E-state index >= 15 is 0 Å². The quantitative estimate of drug-likeness (QED) is 0.0889. The first-order valence-electron chi connectivity index (χ1n) is 19.4. The van der Waals surface area contributed by atoms with Gasteiger partial charge in [-0.05, 0) is 107 Å². The van der Waals surface area contributed by atoms with Crippen LogP contribution in [0.5, 0.6) is 0 Å². The Hall–Kier alpha value is -6.02. The van der Waals surface area contributed by atoms with Crippen molar-refractivity contribution in [1.82, 2.24) is 24.1 Å². The van der Waals surface area contributed by atoms with E-state index in [9.17, 15) is 18.5 Å². The van der Waals surface area contributed by atoms with Gasteiger partial charge in [-0.15, -0.1) is 10.2 Å². The molecule has 2 N–H and O–H groups in total. The molecule has 0 saturated heterocycles. The maximum absolute atomic E-state index is 13.4. The van der Waals surface area contributed by atoms with Gasteiger partial charge in [0.05, 0.1) is 27.4 Å². The van der Waals surface area contributed by atoms with Crippen LogP contribution in [0.15, 0.2) is 63.7 Å². The predicted octanol–water partition coefficient (Wildman–Crippen LogP) is 10.3. The summed E-state index contributed by atoms with van der Waals surface area (Å²) >= 11 is 1.18. The van der Waals surface area contributed by atoms with E-state index in [0.29, 0.717) is 38.4 Å². The van der Waals surface area contributed by atoms with Gasteiger partial charge in [-0.1, -0.05) is 67.5 Å². The number of thiazole rings is 1. The maximum atomic E-state index is 13.4. The van der Waals surface area contributed by atoms with Crippen LogP contribution < -0.4 is 10.6 Å². The van der Waals surface area contributed by atoms with Crippen LogP contribution in [0.25, 0.3) is 15.3 Å². The molecule has 0 atom stereocenters. The molecular formula is C44H50N10O4S2. The smallest absolute Gasteiger partial charge is 0.321 e. The number of carbonyl (C=O) groups excluding carboxylic acids is 1. The average molecular weight is 847 g/mol. The van der Waals surface area contributed by atoms with Gasteiger partial charge in [-0.2, -0.15) is 19.3 Å².